The smallest absolute Gasteiger partial charge is 0.266 e. The zero-order valence-electron chi connectivity index (χ0n) is 14.6. The first kappa shape index (κ1) is 19.1. The first-order valence-corrected chi connectivity index (χ1v) is 9.56. The number of para-hydroxylation sites is 1. The van der Waals surface area contributed by atoms with Gasteiger partial charge in [0.05, 0.1) is 4.91 Å². The molecule has 0 bridgehead atoms. The van der Waals surface area contributed by atoms with Crippen molar-refractivity contribution in [1.82, 2.24) is 4.90 Å². The Labute approximate surface area is 167 Å². The summed E-state index contributed by atoms with van der Waals surface area (Å²) in [7, 11) is 0. The van der Waals surface area contributed by atoms with Crippen LogP contribution in [0.3, 0.4) is 0 Å². The van der Waals surface area contributed by atoms with E-state index in [1.54, 1.807) is 30.3 Å². The Morgan fingerprint density at radius 1 is 1.22 bits per heavy atom. The van der Waals surface area contributed by atoms with Crippen molar-refractivity contribution in [2.45, 2.75) is 13.3 Å². The molecule has 0 unspecified atom stereocenters. The SMILES string of the molecule is Cc1ccccc1NC(=O)CCN1C(=O)/C(=C/c2ccc(O)cc2)SC1=S. The van der Waals surface area contributed by atoms with Crippen LogP contribution in [0.1, 0.15) is 17.5 Å². The fourth-order valence-corrected chi connectivity index (χ4v) is 3.86. The molecule has 0 atom stereocenters. The molecule has 1 aliphatic heterocycles. The van der Waals surface area contributed by atoms with Crippen molar-refractivity contribution in [2.75, 3.05) is 11.9 Å². The lowest BCUT2D eigenvalue weighted by Crippen LogP contribution is -2.31. The molecule has 0 saturated carbocycles. The number of thioether (sulfide) groups is 1. The highest BCUT2D eigenvalue weighted by molar-refractivity contribution is 8.26. The number of aryl methyl sites for hydroxylation is 1. The number of hydrogen-bond donors (Lipinski definition) is 2. The summed E-state index contributed by atoms with van der Waals surface area (Å²) in [4.78, 5) is 26.7. The molecular formula is C20H18N2O3S2. The third-order valence-electron chi connectivity index (χ3n) is 4.05. The van der Waals surface area contributed by atoms with Crippen LogP contribution in [0.2, 0.25) is 0 Å². The Morgan fingerprint density at radius 3 is 2.63 bits per heavy atom. The zero-order valence-corrected chi connectivity index (χ0v) is 16.3. The fourth-order valence-electron chi connectivity index (χ4n) is 2.55. The van der Waals surface area contributed by atoms with E-state index >= 15 is 0 Å². The van der Waals surface area contributed by atoms with E-state index in [0.717, 1.165) is 16.8 Å². The third-order valence-corrected chi connectivity index (χ3v) is 5.42. The van der Waals surface area contributed by atoms with Crippen LogP contribution in [-0.2, 0) is 9.59 Å². The molecule has 1 fully saturated rings. The zero-order chi connectivity index (χ0) is 19.4. The van der Waals surface area contributed by atoms with Crippen molar-refractivity contribution in [2.24, 2.45) is 0 Å². The monoisotopic (exact) mass is 398 g/mol. The summed E-state index contributed by atoms with van der Waals surface area (Å²) in [5, 5.41) is 12.2. The third kappa shape index (κ3) is 4.75. The molecule has 2 aromatic carbocycles. The Morgan fingerprint density at radius 2 is 1.93 bits per heavy atom. The Hall–Kier alpha value is -2.64. The summed E-state index contributed by atoms with van der Waals surface area (Å²) in [6.45, 7) is 2.15. The van der Waals surface area contributed by atoms with Gasteiger partial charge in [-0.2, -0.15) is 0 Å². The maximum atomic E-state index is 12.6. The van der Waals surface area contributed by atoms with Crippen LogP contribution in [-0.4, -0.2) is 32.7 Å². The lowest BCUT2D eigenvalue weighted by atomic mass is 10.2. The number of rotatable bonds is 5. The maximum absolute atomic E-state index is 12.6. The fraction of sp³-hybridized carbons (Fsp3) is 0.150. The first-order valence-electron chi connectivity index (χ1n) is 8.34. The highest BCUT2D eigenvalue weighted by Crippen LogP contribution is 2.32. The molecular weight excluding hydrogens is 380 g/mol. The van der Waals surface area contributed by atoms with Crippen LogP contribution >= 0.6 is 24.0 Å². The minimum Gasteiger partial charge on any atom is -0.508 e. The molecule has 1 heterocycles. The van der Waals surface area contributed by atoms with Crippen molar-refractivity contribution in [3.8, 4) is 5.75 Å². The van der Waals surface area contributed by atoms with Crippen molar-refractivity contribution in [3.63, 3.8) is 0 Å². The Balaban J connectivity index is 1.61. The van der Waals surface area contributed by atoms with Gasteiger partial charge in [-0.1, -0.05) is 54.3 Å². The van der Waals surface area contributed by atoms with Crippen molar-refractivity contribution in [1.29, 1.82) is 0 Å². The lowest BCUT2D eigenvalue weighted by molar-refractivity contribution is -0.122. The molecule has 5 nitrogen and oxygen atoms in total. The van der Waals surface area contributed by atoms with Crippen molar-refractivity contribution in [3.05, 3.63) is 64.6 Å². The number of amides is 2. The van der Waals surface area contributed by atoms with Gasteiger partial charge in [-0.15, -0.1) is 0 Å². The highest BCUT2D eigenvalue weighted by atomic mass is 32.2. The minimum absolute atomic E-state index is 0.160. The second kappa shape index (κ2) is 8.37. The van der Waals surface area contributed by atoms with Crippen molar-refractivity contribution < 1.29 is 14.7 Å². The summed E-state index contributed by atoms with van der Waals surface area (Å²) in [6, 6.07) is 14.1. The van der Waals surface area contributed by atoms with Gasteiger partial charge in [0.1, 0.15) is 10.1 Å². The highest BCUT2D eigenvalue weighted by Gasteiger charge is 2.32. The van der Waals surface area contributed by atoms with Gasteiger partial charge in [-0.05, 0) is 42.3 Å². The number of carbonyl (C=O) groups excluding carboxylic acids is 2. The lowest BCUT2D eigenvalue weighted by Gasteiger charge is -2.14. The first-order chi connectivity index (χ1) is 12.9. The summed E-state index contributed by atoms with van der Waals surface area (Å²) >= 11 is 6.50. The van der Waals surface area contributed by atoms with Crippen molar-refractivity contribution >= 4 is 51.9 Å². The Kier molecular flexibility index (Phi) is 5.93. The maximum Gasteiger partial charge on any atom is 0.266 e. The standard InChI is InChI=1S/C20H18N2O3S2/c1-13-4-2-3-5-16(13)21-18(24)10-11-22-19(25)17(27-20(22)26)12-14-6-8-15(23)9-7-14/h2-9,12,23H,10-11H2,1H3,(H,21,24)/b17-12-. The van der Waals surface area contributed by atoms with E-state index in [9.17, 15) is 14.7 Å². The predicted molar refractivity (Wildman–Crippen MR) is 112 cm³/mol. The van der Waals surface area contributed by atoms with Gasteiger partial charge in [0.25, 0.3) is 5.91 Å². The summed E-state index contributed by atoms with van der Waals surface area (Å²) < 4.78 is 0.439. The van der Waals surface area contributed by atoms with Gasteiger partial charge in [0.2, 0.25) is 5.91 Å². The van der Waals surface area contributed by atoms with Crippen LogP contribution in [0.15, 0.2) is 53.4 Å². The average molecular weight is 399 g/mol. The van der Waals surface area contributed by atoms with Gasteiger partial charge in [0, 0.05) is 18.7 Å². The van der Waals surface area contributed by atoms with Crippen LogP contribution < -0.4 is 5.32 Å². The molecule has 7 heteroatoms. The normalized spacial score (nSPS) is 15.4. The molecule has 1 saturated heterocycles. The predicted octanol–water partition coefficient (Wildman–Crippen LogP) is 3.93. The summed E-state index contributed by atoms with van der Waals surface area (Å²) in [6.07, 6.45) is 1.89. The summed E-state index contributed by atoms with van der Waals surface area (Å²) in [5.74, 6) is -0.206. The second-order valence-electron chi connectivity index (χ2n) is 6.04. The largest absolute Gasteiger partial charge is 0.508 e. The second-order valence-corrected chi connectivity index (χ2v) is 7.71. The number of nitrogens with zero attached hydrogens (tertiary/aromatic N) is 1. The quantitative estimate of drug-likeness (QED) is 0.590. The van der Waals surface area contributed by atoms with E-state index in [1.807, 2.05) is 31.2 Å². The van der Waals surface area contributed by atoms with Gasteiger partial charge >= 0.3 is 0 Å². The average Bonchev–Trinajstić information content (AvgIpc) is 2.90. The van der Waals surface area contributed by atoms with E-state index in [-0.39, 0.29) is 30.5 Å². The van der Waals surface area contributed by atoms with E-state index in [2.05, 4.69) is 5.32 Å². The van der Waals surface area contributed by atoms with Crippen LogP contribution in [0, 0.1) is 6.92 Å². The molecule has 27 heavy (non-hydrogen) atoms. The van der Waals surface area contributed by atoms with Gasteiger partial charge in [0.15, 0.2) is 0 Å². The molecule has 138 valence electrons. The summed E-state index contributed by atoms with van der Waals surface area (Å²) in [5.41, 5.74) is 2.54. The van der Waals surface area contributed by atoms with E-state index in [0.29, 0.717) is 9.23 Å². The van der Waals surface area contributed by atoms with Gasteiger partial charge in [-0.25, -0.2) is 0 Å². The number of aromatic hydroxyl groups is 1. The van der Waals surface area contributed by atoms with Crippen LogP contribution in [0.4, 0.5) is 5.69 Å². The van der Waals surface area contributed by atoms with Crippen LogP contribution in [0.5, 0.6) is 5.75 Å². The molecule has 2 N–H and O–H groups in total. The number of benzene rings is 2. The number of phenols is 1. The van der Waals surface area contributed by atoms with E-state index in [4.69, 9.17) is 12.2 Å². The molecule has 0 aromatic heterocycles. The number of hydrogen-bond acceptors (Lipinski definition) is 5. The number of anilines is 1. The molecule has 3 rings (SSSR count). The van der Waals surface area contributed by atoms with Gasteiger partial charge in [-0.3, -0.25) is 14.5 Å². The van der Waals surface area contributed by atoms with Crippen LogP contribution in [0.25, 0.3) is 6.08 Å². The number of thiocarbonyl (C=S) groups is 1. The topological polar surface area (TPSA) is 69.6 Å². The Bertz CT molecular complexity index is 923. The number of nitrogens with one attached hydrogen (secondary N) is 1. The van der Waals surface area contributed by atoms with Gasteiger partial charge < -0.3 is 10.4 Å². The molecule has 2 aromatic rings. The van der Waals surface area contributed by atoms with E-state index in [1.165, 1.54) is 16.7 Å². The van der Waals surface area contributed by atoms with E-state index < -0.39 is 0 Å². The molecule has 2 amide bonds. The molecule has 0 radical (unpaired) electrons. The number of phenolic OH excluding ortho intramolecular Hbond substituents is 1. The molecule has 0 aliphatic carbocycles. The molecule has 1 aliphatic rings. The molecule has 0 spiro atoms. The minimum atomic E-state index is -0.207. The number of carbonyl (C=O) groups is 2.